The van der Waals surface area contributed by atoms with Crippen LogP contribution in [-0.2, 0) is 13.2 Å². The molecule has 0 unspecified atom stereocenters. The predicted octanol–water partition coefficient (Wildman–Crippen LogP) is 3.15. The first-order valence-corrected chi connectivity index (χ1v) is 8.41. The smallest absolute Gasteiger partial charge is 0.435 e. The molecule has 0 saturated heterocycles. The molecule has 7 nitrogen and oxygen atoms in total. The zero-order valence-electron chi connectivity index (χ0n) is 13.7. The van der Waals surface area contributed by atoms with Crippen LogP contribution in [-0.4, -0.2) is 28.7 Å². The maximum absolute atomic E-state index is 13.0. The van der Waals surface area contributed by atoms with E-state index in [0.29, 0.717) is 17.1 Å². The Balaban J connectivity index is 1.51. The number of rotatable bonds is 3. The molecule has 11 heteroatoms. The SMILES string of the molecule is Cn1nc(C(F)(F)F)c2cc(C(=O)NN=Cc3ccc4c(c3)OCO4)sc21. The van der Waals surface area contributed by atoms with Gasteiger partial charge in [-0.05, 0) is 29.8 Å². The van der Waals surface area contributed by atoms with E-state index in [1.54, 1.807) is 18.2 Å². The third kappa shape index (κ3) is 3.21. The maximum Gasteiger partial charge on any atom is 0.435 e. The van der Waals surface area contributed by atoms with Crippen LogP contribution in [0.2, 0.25) is 0 Å². The van der Waals surface area contributed by atoms with Crippen LogP contribution in [0, 0.1) is 0 Å². The summed E-state index contributed by atoms with van der Waals surface area (Å²) in [4.78, 5) is 12.6. The molecule has 1 amide bonds. The average Bonchev–Trinajstić information content (AvgIpc) is 3.30. The predicted molar refractivity (Wildman–Crippen MR) is 91.2 cm³/mol. The van der Waals surface area contributed by atoms with Gasteiger partial charge in [-0.2, -0.15) is 23.4 Å². The topological polar surface area (TPSA) is 77.7 Å². The fourth-order valence-corrected chi connectivity index (χ4v) is 3.54. The van der Waals surface area contributed by atoms with Crippen LogP contribution in [0.5, 0.6) is 11.5 Å². The molecule has 0 aliphatic carbocycles. The monoisotopic (exact) mass is 396 g/mol. The number of carbonyl (C=O) groups excluding carboxylic acids is 1. The van der Waals surface area contributed by atoms with Crippen LogP contribution in [0.4, 0.5) is 13.2 Å². The molecule has 0 spiro atoms. The third-order valence-corrected chi connectivity index (χ3v) is 4.98. The highest BCUT2D eigenvalue weighted by molar-refractivity contribution is 7.20. The number of fused-ring (bicyclic) bond motifs is 2. The van der Waals surface area contributed by atoms with Crippen molar-refractivity contribution in [1.29, 1.82) is 0 Å². The van der Waals surface area contributed by atoms with Crippen molar-refractivity contribution in [2.75, 3.05) is 6.79 Å². The van der Waals surface area contributed by atoms with Gasteiger partial charge in [0.1, 0.15) is 4.83 Å². The summed E-state index contributed by atoms with van der Waals surface area (Å²) in [5, 5.41) is 7.19. The summed E-state index contributed by atoms with van der Waals surface area (Å²) in [6.07, 6.45) is -3.19. The molecule has 0 saturated carbocycles. The van der Waals surface area contributed by atoms with Crippen LogP contribution in [0.15, 0.2) is 29.4 Å². The van der Waals surface area contributed by atoms with E-state index in [2.05, 4.69) is 15.6 Å². The van der Waals surface area contributed by atoms with Gasteiger partial charge in [0.15, 0.2) is 17.2 Å². The molecule has 0 fully saturated rings. The van der Waals surface area contributed by atoms with E-state index in [-0.39, 0.29) is 21.9 Å². The van der Waals surface area contributed by atoms with Gasteiger partial charge in [0, 0.05) is 12.4 Å². The van der Waals surface area contributed by atoms with Gasteiger partial charge < -0.3 is 9.47 Å². The molecule has 1 aliphatic rings. The lowest BCUT2D eigenvalue weighted by Gasteiger charge is -2.01. The lowest BCUT2D eigenvalue weighted by molar-refractivity contribution is -0.140. The zero-order chi connectivity index (χ0) is 19.2. The highest BCUT2D eigenvalue weighted by Crippen LogP contribution is 2.37. The van der Waals surface area contributed by atoms with E-state index in [9.17, 15) is 18.0 Å². The molecule has 0 radical (unpaired) electrons. The summed E-state index contributed by atoms with van der Waals surface area (Å²) in [6.45, 7) is 0.146. The fraction of sp³-hybridized carbons (Fsp3) is 0.188. The summed E-state index contributed by atoms with van der Waals surface area (Å²) in [5.74, 6) is 0.582. The molecule has 3 aromatic rings. The van der Waals surface area contributed by atoms with Crippen LogP contribution < -0.4 is 14.9 Å². The minimum atomic E-state index is -4.59. The van der Waals surface area contributed by atoms with E-state index in [4.69, 9.17) is 9.47 Å². The normalized spacial score (nSPS) is 13.6. The Bertz CT molecular complexity index is 1070. The van der Waals surface area contributed by atoms with Gasteiger partial charge in [-0.1, -0.05) is 0 Å². The Morgan fingerprint density at radius 2 is 2.11 bits per heavy atom. The number of carbonyl (C=O) groups is 1. The number of nitrogens with zero attached hydrogens (tertiary/aromatic N) is 3. The second kappa shape index (κ2) is 6.27. The molecule has 27 heavy (non-hydrogen) atoms. The van der Waals surface area contributed by atoms with Crippen molar-refractivity contribution in [1.82, 2.24) is 15.2 Å². The van der Waals surface area contributed by atoms with Crippen molar-refractivity contribution in [2.24, 2.45) is 12.1 Å². The highest BCUT2D eigenvalue weighted by Gasteiger charge is 2.37. The van der Waals surface area contributed by atoms with Crippen LogP contribution in [0.3, 0.4) is 0 Å². The van der Waals surface area contributed by atoms with Gasteiger partial charge in [-0.15, -0.1) is 11.3 Å². The van der Waals surface area contributed by atoms with Gasteiger partial charge >= 0.3 is 6.18 Å². The number of hydrazone groups is 1. The molecule has 1 aliphatic heterocycles. The molecule has 3 heterocycles. The minimum absolute atomic E-state index is 0.103. The number of aromatic nitrogens is 2. The van der Waals surface area contributed by atoms with Crippen LogP contribution in [0.25, 0.3) is 10.2 Å². The number of aryl methyl sites for hydroxylation is 1. The number of amides is 1. The van der Waals surface area contributed by atoms with E-state index in [0.717, 1.165) is 16.0 Å². The summed E-state index contributed by atoms with van der Waals surface area (Å²) in [5.41, 5.74) is 1.95. The Morgan fingerprint density at radius 3 is 2.89 bits per heavy atom. The Hall–Kier alpha value is -3.08. The van der Waals surface area contributed by atoms with E-state index in [1.807, 2.05) is 0 Å². The van der Waals surface area contributed by atoms with Crippen LogP contribution >= 0.6 is 11.3 Å². The Labute approximate surface area is 154 Å². The molecule has 140 valence electrons. The van der Waals surface area contributed by atoms with E-state index < -0.39 is 17.8 Å². The summed E-state index contributed by atoms with van der Waals surface area (Å²) in [7, 11) is 1.40. The lowest BCUT2D eigenvalue weighted by atomic mass is 10.2. The quantitative estimate of drug-likeness (QED) is 0.545. The number of benzene rings is 1. The maximum atomic E-state index is 13.0. The second-order valence-electron chi connectivity index (χ2n) is 5.61. The summed E-state index contributed by atoms with van der Waals surface area (Å²) in [6, 6.07) is 6.30. The van der Waals surface area contributed by atoms with Crippen molar-refractivity contribution in [3.63, 3.8) is 0 Å². The molecular weight excluding hydrogens is 385 g/mol. The first-order valence-electron chi connectivity index (χ1n) is 7.60. The number of thiophene rings is 1. The van der Waals surface area contributed by atoms with E-state index in [1.165, 1.54) is 19.3 Å². The first kappa shape index (κ1) is 17.3. The summed E-state index contributed by atoms with van der Waals surface area (Å²) < 4.78 is 50.6. The van der Waals surface area contributed by atoms with Crippen LogP contribution in [0.1, 0.15) is 20.9 Å². The Morgan fingerprint density at radius 1 is 1.33 bits per heavy atom. The lowest BCUT2D eigenvalue weighted by Crippen LogP contribution is -2.16. The Kier molecular flexibility index (Phi) is 4.02. The molecule has 1 aromatic carbocycles. The number of hydrogen-bond donors (Lipinski definition) is 1. The molecule has 2 aromatic heterocycles. The van der Waals surface area contributed by atoms with E-state index >= 15 is 0 Å². The van der Waals surface area contributed by atoms with Gasteiger partial charge in [0.25, 0.3) is 5.91 Å². The molecule has 0 bridgehead atoms. The third-order valence-electron chi connectivity index (χ3n) is 3.78. The van der Waals surface area contributed by atoms with Crippen molar-refractivity contribution >= 4 is 33.7 Å². The standard InChI is InChI=1S/C16H11F3N4O3S/c1-23-15-9(13(22-23)16(17,18)19)5-12(27-15)14(24)21-20-6-8-2-3-10-11(4-8)26-7-25-10/h2-6H,7H2,1H3,(H,21,24). The van der Waals surface area contributed by atoms with Gasteiger partial charge in [-0.3, -0.25) is 9.48 Å². The first-order chi connectivity index (χ1) is 12.8. The van der Waals surface area contributed by atoms with Crippen molar-refractivity contribution in [2.45, 2.75) is 6.18 Å². The van der Waals surface area contributed by atoms with Crippen molar-refractivity contribution < 1.29 is 27.4 Å². The van der Waals surface area contributed by atoms with Gasteiger partial charge in [0.2, 0.25) is 6.79 Å². The second-order valence-corrected chi connectivity index (χ2v) is 6.64. The van der Waals surface area contributed by atoms with Crippen molar-refractivity contribution in [3.05, 3.63) is 40.4 Å². The molecule has 4 rings (SSSR count). The number of hydrogen-bond acceptors (Lipinski definition) is 6. The van der Waals surface area contributed by atoms with Crippen molar-refractivity contribution in [3.8, 4) is 11.5 Å². The molecule has 1 N–H and O–H groups in total. The number of nitrogens with one attached hydrogen (secondary N) is 1. The van der Waals surface area contributed by atoms with Gasteiger partial charge in [0.05, 0.1) is 11.1 Å². The zero-order valence-corrected chi connectivity index (χ0v) is 14.5. The highest BCUT2D eigenvalue weighted by atomic mass is 32.1. The molecular formula is C16H11F3N4O3S. The number of alkyl halides is 3. The fourth-order valence-electron chi connectivity index (χ4n) is 2.58. The molecule has 0 atom stereocenters. The minimum Gasteiger partial charge on any atom is -0.454 e. The summed E-state index contributed by atoms with van der Waals surface area (Å²) >= 11 is 0.909. The number of ether oxygens (including phenoxy) is 2. The average molecular weight is 396 g/mol. The largest absolute Gasteiger partial charge is 0.454 e. The number of halogens is 3. The van der Waals surface area contributed by atoms with Gasteiger partial charge in [-0.25, -0.2) is 5.43 Å².